The highest BCUT2D eigenvalue weighted by Gasteiger charge is 2.26. The zero-order valence-electron chi connectivity index (χ0n) is 13.9. The Morgan fingerprint density at radius 2 is 2.08 bits per heavy atom. The van der Waals surface area contributed by atoms with Gasteiger partial charge in [-0.05, 0) is 43.9 Å². The maximum Gasteiger partial charge on any atom is 0.227 e. The fraction of sp³-hybridized carbons (Fsp3) is 0.444. The van der Waals surface area contributed by atoms with Crippen LogP contribution in [0, 0.1) is 6.92 Å². The van der Waals surface area contributed by atoms with Crippen molar-refractivity contribution in [2.75, 3.05) is 29.9 Å². The Hall–Kier alpha value is -2.34. The van der Waals surface area contributed by atoms with Crippen molar-refractivity contribution in [3.8, 4) is 5.75 Å². The average Bonchev–Trinajstić information content (AvgIpc) is 3.07. The number of hydrogen-bond acceptors (Lipinski definition) is 6. The zero-order chi connectivity index (χ0) is 16.9. The summed E-state index contributed by atoms with van der Waals surface area (Å²) in [5.41, 5.74) is 2.16. The molecule has 0 radical (unpaired) electrons. The molecule has 1 aliphatic heterocycles. The lowest BCUT2D eigenvalue weighted by Crippen LogP contribution is -2.33. The van der Waals surface area contributed by atoms with Crippen LogP contribution in [0.25, 0.3) is 0 Å². The number of nitrogens with zero attached hydrogens (tertiary/aromatic N) is 3. The molecule has 1 aromatic heterocycles. The number of rotatable bonds is 6. The number of anilines is 2. The van der Waals surface area contributed by atoms with E-state index in [1.807, 2.05) is 25.3 Å². The van der Waals surface area contributed by atoms with Crippen molar-refractivity contribution in [3.05, 3.63) is 41.6 Å². The molecule has 24 heavy (non-hydrogen) atoms. The van der Waals surface area contributed by atoms with Crippen molar-refractivity contribution < 1.29 is 10.2 Å². The molecule has 0 spiro atoms. The van der Waals surface area contributed by atoms with Crippen LogP contribution in [0.15, 0.2) is 30.5 Å². The number of phenolic OH excluding ortho intramolecular Hbond substituents is 1. The summed E-state index contributed by atoms with van der Waals surface area (Å²) in [5.74, 6) is 1.80. The van der Waals surface area contributed by atoms with Gasteiger partial charge in [0.2, 0.25) is 5.95 Å². The number of aromatic nitrogens is 2. The van der Waals surface area contributed by atoms with Crippen LogP contribution in [0.1, 0.15) is 24.0 Å². The van der Waals surface area contributed by atoms with Crippen LogP contribution in [0.3, 0.4) is 0 Å². The van der Waals surface area contributed by atoms with Gasteiger partial charge in [0.25, 0.3) is 0 Å². The summed E-state index contributed by atoms with van der Waals surface area (Å²) in [7, 11) is 0. The van der Waals surface area contributed by atoms with Gasteiger partial charge in [-0.3, -0.25) is 0 Å². The smallest absolute Gasteiger partial charge is 0.227 e. The zero-order valence-corrected chi connectivity index (χ0v) is 13.9. The first-order valence-electron chi connectivity index (χ1n) is 8.40. The fourth-order valence-corrected chi connectivity index (χ4v) is 3.03. The molecule has 1 fully saturated rings. The molecule has 0 saturated carbocycles. The number of hydrogen-bond donors (Lipinski definition) is 3. The number of aryl methyl sites for hydroxylation is 1. The quantitative estimate of drug-likeness (QED) is 0.753. The van der Waals surface area contributed by atoms with E-state index in [4.69, 9.17) is 0 Å². The maximum absolute atomic E-state index is 9.48. The molecule has 3 N–H and O–H groups in total. The predicted molar refractivity (Wildman–Crippen MR) is 94.5 cm³/mol. The molecule has 2 aromatic rings. The summed E-state index contributed by atoms with van der Waals surface area (Å²) in [6.07, 6.45) is 4.73. The second-order valence-corrected chi connectivity index (χ2v) is 6.22. The molecule has 1 aromatic carbocycles. The average molecular weight is 328 g/mol. The standard InChI is InChI=1S/C18H24N4O2/c1-13-11-20-18(22-10-2-3-15(22)12-23)21-17(13)19-9-8-14-4-6-16(24)7-5-14/h4-7,11,15,23-24H,2-3,8-10,12H2,1H3,(H,19,20,21). The molecule has 3 rings (SSSR count). The minimum atomic E-state index is 0.123. The highest BCUT2D eigenvalue weighted by atomic mass is 16.3. The normalized spacial score (nSPS) is 17.2. The molecule has 1 unspecified atom stereocenters. The van der Waals surface area contributed by atoms with Gasteiger partial charge in [-0.15, -0.1) is 0 Å². The van der Waals surface area contributed by atoms with Crippen LogP contribution in [-0.2, 0) is 6.42 Å². The van der Waals surface area contributed by atoms with E-state index < -0.39 is 0 Å². The van der Waals surface area contributed by atoms with Crippen molar-refractivity contribution >= 4 is 11.8 Å². The van der Waals surface area contributed by atoms with Crippen LogP contribution >= 0.6 is 0 Å². The Morgan fingerprint density at radius 1 is 1.29 bits per heavy atom. The third-order valence-electron chi connectivity index (χ3n) is 4.45. The topological polar surface area (TPSA) is 81.5 Å². The predicted octanol–water partition coefficient (Wildman–Crippen LogP) is 2.11. The van der Waals surface area contributed by atoms with Crippen LogP contribution in [-0.4, -0.2) is 45.9 Å². The van der Waals surface area contributed by atoms with Gasteiger partial charge < -0.3 is 20.4 Å². The molecule has 0 aliphatic carbocycles. The van der Waals surface area contributed by atoms with Gasteiger partial charge in [-0.25, -0.2) is 4.98 Å². The molecular weight excluding hydrogens is 304 g/mol. The first kappa shape index (κ1) is 16.5. The van der Waals surface area contributed by atoms with E-state index in [2.05, 4.69) is 20.2 Å². The SMILES string of the molecule is Cc1cnc(N2CCCC2CO)nc1NCCc1ccc(O)cc1. The number of aliphatic hydroxyl groups is 1. The number of nitrogens with one attached hydrogen (secondary N) is 1. The first-order chi connectivity index (χ1) is 11.7. The second kappa shape index (κ2) is 7.49. The Balaban J connectivity index is 1.64. The Morgan fingerprint density at radius 3 is 2.83 bits per heavy atom. The Bertz CT molecular complexity index is 675. The molecule has 0 bridgehead atoms. The van der Waals surface area contributed by atoms with E-state index in [-0.39, 0.29) is 18.4 Å². The summed E-state index contributed by atoms with van der Waals surface area (Å²) >= 11 is 0. The van der Waals surface area contributed by atoms with Crippen LogP contribution in [0.4, 0.5) is 11.8 Å². The third-order valence-corrected chi connectivity index (χ3v) is 4.45. The first-order valence-corrected chi connectivity index (χ1v) is 8.40. The second-order valence-electron chi connectivity index (χ2n) is 6.22. The van der Waals surface area contributed by atoms with E-state index in [1.165, 1.54) is 0 Å². The van der Waals surface area contributed by atoms with E-state index in [9.17, 15) is 10.2 Å². The molecule has 1 aliphatic rings. The lowest BCUT2D eigenvalue weighted by atomic mass is 10.1. The highest BCUT2D eigenvalue weighted by Crippen LogP contribution is 2.24. The van der Waals surface area contributed by atoms with Crippen molar-refractivity contribution in [2.24, 2.45) is 0 Å². The van der Waals surface area contributed by atoms with Gasteiger partial charge in [-0.1, -0.05) is 12.1 Å². The maximum atomic E-state index is 9.48. The van der Waals surface area contributed by atoms with Gasteiger partial charge in [0.1, 0.15) is 11.6 Å². The number of aromatic hydroxyl groups is 1. The molecule has 0 amide bonds. The summed E-state index contributed by atoms with van der Waals surface area (Å²) < 4.78 is 0. The molecule has 6 heteroatoms. The summed E-state index contributed by atoms with van der Waals surface area (Å²) in [6.45, 7) is 3.77. The van der Waals surface area contributed by atoms with E-state index >= 15 is 0 Å². The van der Waals surface area contributed by atoms with Crippen molar-refractivity contribution in [1.29, 1.82) is 0 Å². The number of benzene rings is 1. The summed E-state index contributed by atoms with van der Waals surface area (Å²) in [5, 5.41) is 22.2. The molecule has 2 heterocycles. The molecule has 1 atom stereocenters. The van der Waals surface area contributed by atoms with Gasteiger partial charge in [0.15, 0.2) is 0 Å². The largest absolute Gasteiger partial charge is 0.508 e. The van der Waals surface area contributed by atoms with Crippen molar-refractivity contribution in [1.82, 2.24) is 9.97 Å². The molecular formula is C18H24N4O2. The Kier molecular flexibility index (Phi) is 5.15. The number of aliphatic hydroxyl groups excluding tert-OH is 1. The van der Waals surface area contributed by atoms with Gasteiger partial charge in [0, 0.05) is 24.8 Å². The summed E-state index contributed by atoms with van der Waals surface area (Å²) in [6, 6.07) is 7.37. The van der Waals surface area contributed by atoms with Crippen LogP contribution in [0.5, 0.6) is 5.75 Å². The van der Waals surface area contributed by atoms with E-state index in [0.717, 1.165) is 49.3 Å². The summed E-state index contributed by atoms with van der Waals surface area (Å²) in [4.78, 5) is 11.2. The van der Waals surface area contributed by atoms with Crippen molar-refractivity contribution in [3.63, 3.8) is 0 Å². The lowest BCUT2D eigenvalue weighted by molar-refractivity contribution is 0.265. The minimum Gasteiger partial charge on any atom is -0.508 e. The van der Waals surface area contributed by atoms with E-state index in [1.54, 1.807) is 12.1 Å². The molecule has 6 nitrogen and oxygen atoms in total. The van der Waals surface area contributed by atoms with Gasteiger partial charge in [0.05, 0.1) is 12.6 Å². The van der Waals surface area contributed by atoms with Crippen LogP contribution in [0.2, 0.25) is 0 Å². The fourth-order valence-electron chi connectivity index (χ4n) is 3.03. The number of phenols is 1. The van der Waals surface area contributed by atoms with Gasteiger partial charge >= 0.3 is 0 Å². The van der Waals surface area contributed by atoms with Crippen LogP contribution < -0.4 is 10.2 Å². The lowest BCUT2D eigenvalue weighted by Gasteiger charge is -2.23. The monoisotopic (exact) mass is 328 g/mol. The molecule has 128 valence electrons. The van der Waals surface area contributed by atoms with Gasteiger partial charge in [-0.2, -0.15) is 4.98 Å². The van der Waals surface area contributed by atoms with Crippen molar-refractivity contribution in [2.45, 2.75) is 32.2 Å². The Labute approximate surface area is 142 Å². The van der Waals surface area contributed by atoms with E-state index in [0.29, 0.717) is 5.95 Å². The molecule has 1 saturated heterocycles. The highest BCUT2D eigenvalue weighted by molar-refractivity contribution is 5.48. The third kappa shape index (κ3) is 3.76. The minimum absolute atomic E-state index is 0.123.